The maximum absolute atomic E-state index is 9.76. The third kappa shape index (κ3) is 3.23. The fraction of sp³-hybridized carbons (Fsp3) is 0.250. The van der Waals surface area contributed by atoms with Gasteiger partial charge in [-0.15, -0.1) is 5.10 Å². The van der Waals surface area contributed by atoms with Crippen molar-refractivity contribution in [3.8, 4) is 0 Å². The summed E-state index contributed by atoms with van der Waals surface area (Å²) in [5, 5.41) is 33.8. The van der Waals surface area contributed by atoms with E-state index in [0.29, 0.717) is 35.0 Å². The van der Waals surface area contributed by atoms with Crippen LogP contribution in [-0.2, 0) is 19.6 Å². The Balaban J connectivity index is 1.94. The highest BCUT2D eigenvalue weighted by molar-refractivity contribution is 6.14. The van der Waals surface area contributed by atoms with Crippen LogP contribution in [0.1, 0.15) is 34.7 Å². The van der Waals surface area contributed by atoms with Gasteiger partial charge in [0.15, 0.2) is 0 Å². The maximum Gasteiger partial charge on any atom is 0.339 e. The first-order valence-electron chi connectivity index (χ1n) is 8.97. The molecule has 0 spiro atoms. The van der Waals surface area contributed by atoms with Gasteiger partial charge in [-0.2, -0.15) is 5.10 Å². The van der Waals surface area contributed by atoms with Crippen LogP contribution in [0.15, 0.2) is 52.3 Å². The van der Waals surface area contributed by atoms with Gasteiger partial charge in [0.2, 0.25) is 6.39 Å². The van der Waals surface area contributed by atoms with Gasteiger partial charge in [-0.3, -0.25) is 0 Å². The summed E-state index contributed by atoms with van der Waals surface area (Å²) in [5.41, 5.74) is 11.4. The molecule has 0 fully saturated rings. The lowest BCUT2D eigenvalue weighted by Gasteiger charge is -2.20. The number of hydrazone groups is 1. The van der Waals surface area contributed by atoms with E-state index in [0.717, 1.165) is 16.7 Å². The number of nitrogens with zero attached hydrogens (tertiary/aromatic N) is 4. The molecule has 0 saturated heterocycles. The first kappa shape index (κ1) is 18.1. The van der Waals surface area contributed by atoms with E-state index in [1.54, 1.807) is 5.01 Å². The maximum atomic E-state index is 9.76. The molecule has 1 aromatic heterocycles. The molecular weight excluding hydrogens is 358 g/mol. The smallest absolute Gasteiger partial charge is 0.339 e. The zero-order valence-electron chi connectivity index (χ0n) is 15.4. The highest BCUT2D eigenvalue weighted by Gasteiger charge is 2.27. The second-order valence-electron chi connectivity index (χ2n) is 6.78. The monoisotopic (exact) mass is 379 g/mol. The molecule has 3 aromatic rings. The highest BCUT2D eigenvalue weighted by atomic mass is 16.4. The molecule has 1 aliphatic rings. The molecule has 1 unspecified atom stereocenters. The lowest BCUT2D eigenvalue weighted by Crippen LogP contribution is -2.29. The lowest BCUT2D eigenvalue weighted by atomic mass is 9.90. The molecule has 1 aliphatic heterocycles. The number of hydrogen-bond donors (Lipinski definition) is 3. The number of nitrogen functional groups attached to an aromatic ring is 1. The number of fused-ring (bicyclic) bond motifs is 1. The van der Waals surface area contributed by atoms with E-state index >= 15 is 0 Å². The molecule has 0 amide bonds. The van der Waals surface area contributed by atoms with E-state index in [4.69, 9.17) is 15.3 Å². The summed E-state index contributed by atoms with van der Waals surface area (Å²) >= 11 is 0. The van der Waals surface area contributed by atoms with Crippen molar-refractivity contribution in [3.05, 3.63) is 70.6 Å². The molecule has 1 atom stereocenters. The minimum absolute atomic E-state index is 0.0583. The van der Waals surface area contributed by atoms with Crippen molar-refractivity contribution in [1.82, 2.24) is 10.2 Å². The van der Waals surface area contributed by atoms with E-state index in [1.165, 1.54) is 6.39 Å². The average molecular weight is 379 g/mol. The first-order chi connectivity index (χ1) is 13.6. The summed E-state index contributed by atoms with van der Waals surface area (Å²) in [5.74, 6) is 0. The van der Waals surface area contributed by atoms with Gasteiger partial charge in [0.1, 0.15) is 0 Å². The van der Waals surface area contributed by atoms with Crippen LogP contribution in [-0.4, -0.2) is 32.2 Å². The zero-order chi connectivity index (χ0) is 19.7. The second-order valence-corrected chi connectivity index (χ2v) is 6.78. The molecule has 144 valence electrons. The molecule has 8 heteroatoms. The van der Waals surface area contributed by atoms with E-state index in [2.05, 4.69) is 10.2 Å². The van der Waals surface area contributed by atoms with Gasteiger partial charge >= 0.3 is 6.01 Å². The predicted octanol–water partition coefficient (Wildman–Crippen LogP) is 1.84. The van der Waals surface area contributed by atoms with Crippen molar-refractivity contribution in [1.29, 1.82) is 0 Å². The second kappa shape index (κ2) is 7.41. The van der Waals surface area contributed by atoms with Gasteiger partial charge < -0.3 is 20.4 Å². The summed E-state index contributed by atoms with van der Waals surface area (Å²) < 4.78 is 5.39. The van der Waals surface area contributed by atoms with Crippen molar-refractivity contribution in [2.24, 2.45) is 5.10 Å². The van der Waals surface area contributed by atoms with Crippen molar-refractivity contribution in [2.45, 2.75) is 32.6 Å². The minimum Gasteiger partial charge on any atom is -0.410 e. The largest absolute Gasteiger partial charge is 0.410 e. The van der Waals surface area contributed by atoms with E-state index in [-0.39, 0.29) is 19.3 Å². The van der Waals surface area contributed by atoms with Crippen LogP contribution in [0.25, 0.3) is 0 Å². The van der Waals surface area contributed by atoms with Crippen LogP contribution in [0.5, 0.6) is 0 Å². The quantitative estimate of drug-likeness (QED) is 0.591. The molecule has 0 radical (unpaired) electrons. The molecule has 8 nitrogen and oxygen atoms in total. The minimum atomic E-state index is -0.166. The molecule has 2 aromatic carbocycles. The Labute approximate surface area is 161 Å². The average Bonchev–Trinajstić information content (AvgIpc) is 3.19. The Kier molecular flexibility index (Phi) is 4.81. The van der Waals surface area contributed by atoms with E-state index < -0.39 is 0 Å². The molecule has 4 rings (SSSR count). The van der Waals surface area contributed by atoms with Gasteiger partial charge in [-0.25, -0.2) is 5.01 Å². The van der Waals surface area contributed by atoms with Crippen molar-refractivity contribution in [2.75, 3.05) is 10.7 Å². The number of benzene rings is 2. The third-order valence-corrected chi connectivity index (χ3v) is 4.89. The topological polar surface area (TPSA) is 121 Å². The summed E-state index contributed by atoms with van der Waals surface area (Å²) in [4.78, 5) is 0. The van der Waals surface area contributed by atoms with E-state index in [9.17, 15) is 10.2 Å². The molecule has 0 aliphatic carbocycles. The van der Waals surface area contributed by atoms with Crippen molar-refractivity contribution < 1.29 is 14.6 Å². The standard InChI is InChI=1S/C20H21N5O3/c1-12-6-14-7-15(9-26)16(10-27)8-18(14)19(13-2-4-17(21)5-3-13)24-25(12)20-23-22-11-28-20/h2-5,7-8,11-12,26-27H,6,9-10,21H2,1H3. The normalized spacial score (nSPS) is 16.5. The van der Waals surface area contributed by atoms with Crippen LogP contribution in [0, 0.1) is 0 Å². The summed E-state index contributed by atoms with van der Waals surface area (Å²) in [6, 6.07) is 11.5. The lowest BCUT2D eigenvalue weighted by molar-refractivity contribution is 0.260. The summed E-state index contributed by atoms with van der Waals surface area (Å²) in [6.45, 7) is 1.71. The number of hydrogen-bond acceptors (Lipinski definition) is 8. The van der Waals surface area contributed by atoms with Crippen molar-refractivity contribution >= 4 is 17.4 Å². The van der Waals surface area contributed by atoms with Gasteiger partial charge in [-0.1, -0.05) is 23.3 Å². The molecular formula is C20H21N5O3. The van der Waals surface area contributed by atoms with Gasteiger partial charge in [0.25, 0.3) is 0 Å². The summed E-state index contributed by atoms with van der Waals surface area (Å²) in [7, 11) is 0. The molecule has 0 saturated carbocycles. The number of aliphatic hydroxyl groups excluding tert-OH is 2. The Bertz CT molecular complexity index is 999. The van der Waals surface area contributed by atoms with Gasteiger partial charge in [-0.05, 0) is 48.2 Å². The number of nitrogens with two attached hydrogens (primary N) is 1. The van der Waals surface area contributed by atoms with Crippen LogP contribution in [0.3, 0.4) is 0 Å². The molecule has 2 heterocycles. The SMILES string of the molecule is CC1Cc2cc(CO)c(CO)cc2C(c2ccc(N)cc2)=NN1c1nnco1. The predicted molar refractivity (Wildman–Crippen MR) is 105 cm³/mol. The van der Waals surface area contributed by atoms with Crippen molar-refractivity contribution in [3.63, 3.8) is 0 Å². The van der Waals surface area contributed by atoms with Crippen LogP contribution >= 0.6 is 0 Å². The van der Waals surface area contributed by atoms with Crippen LogP contribution in [0.4, 0.5) is 11.7 Å². The number of aromatic nitrogens is 2. The fourth-order valence-electron chi connectivity index (χ4n) is 3.44. The number of rotatable bonds is 4. The summed E-state index contributed by atoms with van der Waals surface area (Å²) in [6.07, 6.45) is 1.92. The molecule has 0 bridgehead atoms. The Morgan fingerprint density at radius 1 is 1.14 bits per heavy atom. The van der Waals surface area contributed by atoms with Crippen LogP contribution in [0.2, 0.25) is 0 Å². The van der Waals surface area contributed by atoms with Gasteiger partial charge in [0, 0.05) is 16.8 Å². The Morgan fingerprint density at radius 3 is 2.50 bits per heavy atom. The Morgan fingerprint density at radius 2 is 1.86 bits per heavy atom. The Hall–Kier alpha value is -3.23. The third-order valence-electron chi connectivity index (χ3n) is 4.89. The number of aliphatic hydroxyl groups is 2. The highest BCUT2D eigenvalue weighted by Crippen LogP contribution is 2.29. The fourth-order valence-corrected chi connectivity index (χ4v) is 3.44. The molecule has 28 heavy (non-hydrogen) atoms. The zero-order valence-corrected chi connectivity index (χ0v) is 15.4. The van der Waals surface area contributed by atoms with Crippen LogP contribution < -0.4 is 10.7 Å². The van der Waals surface area contributed by atoms with Gasteiger partial charge in [0.05, 0.1) is 25.0 Å². The number of anilines is 2. The first-order valence-corrected chi connectivity index (χ1v) is 8.97. The van der Waals surface area contributed by atoms with E-state index in [1.807, 2.05) is 43.3 Å². The molecule has 4 N–H and O–H groups in total.